The lowest BCUT2D eigenvalue weighted by Gasteiger charge is -2.14. The number of aromatic nitrogens is 2. The van der Waals surface area contributed by atoms with Gasteiger partial charge in [-0.2, -0.15) is 0 Å². The van der Waals surface area contributed by atoms with Crippen molar-refractivity contribution in [2.24, 2.45) is 5.73 Å². The lowest BCUT2D eigenvalue weighted by Crippen LogP contribution is -2.24. The molecule has 0 aliphatic rings. The molecule has 0 radical (unpaired) electrons. The second kappa shape index (κ2) is 7.47. The van der Waals surface area contributed by atoms with E-state index in [0.717, 1.165) is 0 Å². The molecule has 0 saturated heterocycles. The van der Waals surface area contributed by atoms with Gasteiger partial charge in [0.25, 0.3) is 0 Å². The molecule has 4 rings (SSSR count). The van der Waals surface area contributed by atoms with Gasteiger partial charge in [0.1, 0.15) is 23.1 Å². The monoisotopic (exact) mass is 387 g/mol. The summed E-state index contributed by atoms with van der Waals surface area (Å²) in [5, 5.41) is 23.4. The van der Waals surface area contributed by atoms with Gasteiger partial charge in [-0.3, -0.25) is 9.78 Å². The average Bonchev–Trinajstić information content (AvgIpc) is 3.14. The third-order valence-electron chi connectivity index (χ3n) is 4.55. The molecular formula is C22H17N3O4. The maximum Gasteiger partial charge on any atom is 0.231 e. The fourth-order valence-corrected chi connectivity index (χ4v) is 3.20. The second-order valence-corrected chi connectivity index (χ2v) is 6.46. The molecule has 4 aromatic rings. The van der Waals surface area contributed by atoms with Crippen LogP contribution >= 0.6 is 0 Å². The van der Waals surface area contributed by atoms with Crippen molar-refractivity contribution in [1.82, 2.24) is 10.1 Å². The van der Waals surface area contributed by atoms with Crippen LogP contribution in [-0.4, -0.2) is 26.3 Å². The summed E-state index contributed by atoms with van der Waals surface area (Å²) in [7, 11) is 0. The maximum atomic E-state index is 12.5. The highest BCUT2D eigenvalue weighted by molar-refractivity contribution is 5.90. The zero-order chi connectivity index (χ0) is 20.4. The molecular weight excluding hydrogens is 370 g/mol. The van der Waals surface area contributed by atoms with Crippen molar-refractivity contribution >= 4 is 5.91 Å². The van der Waals surface area contributed by atoms with Gasteiger partial charge in [0.05, 0.1) is 5.69 Å². The molecule has 1 unspecified atom stereocenters. The van der Waals surface area contributed by atoms with Crippen molar-refractivity contribution in [3.63, 3.8) is 0 Å². The third kappa shape index (κ3) is 3.53. The van der Waals surface area contributed by atoms with Gasteiger partial charge in [-0.25, -0.2) is 0 Å². The Balaban J connectivity index is 1.97. The van der Waals surface area contributed by atoms with E-state index in [9.17, 15) is 15.0 Å². The van der Waals surface area contributed by atoms with Crippen LogP contribution in [0.4, 0.5) is 0 Å². The maximum absolute atomic E-state index is 12.5. The predicted molar refractivity (Wildman–Crippen MR) is 106 cm³/mol. The summed E-state index contributed by atoms with van der Waals surface area (Å²) in [5.41, 5.74) is 8.39. The number of amides is 1. The van der Waals surface area contributed by atoms with Crippen LogP contribution in [0.25, 0.3) is 22.6 Å². The summed E-state index contributed by atoms with van der Waals surface area (Å²) < 4.78 is 5.63. The Morgan fingerprint density at radius 2 is 1.52 bits per heavy atom. The number of benzene rings is 2. The minimum atomic E-state index is -0.907. The highest BCUT2D eigenvalue weighted by Gasteiger charge is 2.32. The van der Waals surface area contributed by atoms with Crippen LogP contribution < -0.4 is 5.73 Å². The fourth-order valence-electron chi connectivity index (χ4n) is 3.20. The zero-order valence-electron chi connectivity index (χ0n) is 15.2. The van der Waals surface area contributed by atoms with Crippen LogP contribution in [0.15, 0.2) is 77.4 Å². The number of phenols is 2. The number of pyridine rings is 1. The van der Waals surface area contributed by atoms with E-state index >= 15 is 0 Å². The van der Waals surface area contributed by atoms with Crippen LogP contribution in [0.1, 0.15) is 17.2 Å². The Kier molecular flexibility index (Phi) is 4.70. The number of carbonyl (C=O) groups is 1. The number of nitrogens with two attached hydrogens (primary N) is 1. The molecule has 0 saturated carbocycles. The Morgan fingerprint density at radius 3 is 2.07 bits per heavy atom. The van der Waals surface area contributed by atoms with E-state index in [4.69, 9.17) is 10.3 Å². The fraction of sp³-hybridized carbons (Fsp3) is 0.0455. The smallest absolute Gasteiger partial charge is 0.231 e. The van der Waals surface area contributed by atoms with Crippen molar-refractivity contribution in [2.45, 2.75) is 5.92 Å². The van der Waals surface area contributed by atoms with E-state index < -0.39 is 11.8 Å². The Morgan fingerprint density at radius 1 is 0.897 bits per heavy atom. The quantitative estimate of drug-likeness (QED) is 0.482. The van der Waals surface area contributed by atoms with E-state index in [0.29, 0.717) is 33.8 Å². The van der Waals surface area contributed by atoms with E-state index in [1.807, 2.05) is 0 Å². The summed E-state index contributed by atoms with van der Waals surface area (Å²) in [6.45, 7) is 0. The first kappa shape index (κ1) is 18.2. The van der Waals surface area contributed by atoms with E-state index in [-0.39, 0.29) is 11.5 Å². The first-order valence-corrected chi connectivity index (χ1v) is 8.83. The summed E-state index contributed by atoms with van der Waals surface area (Å²) in [4.78, 5) is 16.8. The number of carbonyl (C=O) groups excluding carboxylic acids is 1. The molecule has 7 nitrogen and oxygen atoms in total. The lowest BCUT2D eigenvalue weighted by atomic mass is 9.88. The Bertz CT molecular complexity index is 1070. The normalized spacial score (nSPS) is 11.9. The van der Waals surface area contributed by atoms with E-state index in [1.54, 1.807) is 48.7 Å². The highest BCUT2D eigenvalue weighted by atomic mass is 16.5. The van der Waals surface area contributed by atoms with Gasteiger partial charge in [-0.05, 0) is 60.7 Å². The van der Waals surface area contributed by atoms with E-state index in [1.165, 1.54) is 24.3 Å². The van der Waals surface area contributed by atoms with Gasteiger partial charge in [0.2, 0.25) is 5.91 Å². The summed E-state index contributed by atoms with van der Waals surface area (Å²) >= 11 is 0. The zero-order valence-corrected chi connectivity index (χ0v) is 15.2. The van der Waals surface area contributed by atoms with Crippen molar-refractivity contribution in [3.8, 4) is 34.1 Å². The number of rotatable bonds is 5. The lowest BCUT2D eigenvalue weighted by molar-refractivity contribution is -0.118. The van der Waals surface area contributed by atoms with Crippen molar-refractivity contribution < 1.29 is 19.5 Å². The molecule has 0 aliphatic heterocycles. The van der Waals surface area contributed by atoms with Gasteiger partial charge < -0.3 is 20.5 Å². The summed E-state index contributed by atoms with van der Waals surface area (Å²) in [6, 6.07) is 18.0. The largest absolute Gasteiger partial charge is 0.508 e. The Labute approximate surface area is 166 Å². The van der Waals surface area contributed by atoms with Crippen LogP contribution in [0.2, 0.25) is 0 Å². The van der Waals surface area contributed by atoms with Gasteiger partial charge in [-0.15, -0.1) is 0 Å². The molecule has 1 amide bonds. The number of primary amides is 1. The Hall–Kier alpha value is -4.13. The molecule has 1 atom stereocenters. The standard InChI is InChI=1S/C22H17N3O4/c23-22(28)18(17-3-1-2-12-24-17)19-20(13-4-8-15(26)9-5-13)25-29-21(19)14-6-10-16(27)11-7-14/h1-12,18,26-27H,(H2,23,28). The van der Waals surface area contributed by atoms with Gasteiger partial charge in [-0.1, -0.05) is 11.2 Å². The summed E-state index contributed by atoms with van der Waals surface area (Å²) in [6.07, 6.45) is 1.58. The molecule has 2 heterocycles. The average molecular weight is 387 g/mol. The number of hydrogen-bond acceptors (Lipinski definition) is 6. The first-order chi connectivity index (χ1) is 14.0. The van der Waals surface area contributed by atoms with Gasteiger partial charge in [0.15, 0.2) is 5.76 Å². The molecule has 7 heteroatoms. The first-order valence-electron chi connectivity index (χ1n) is 8.83. The molecule has 0 aliphatic carbocycles. The molecule has 0 spiro atoms. The molecule has 0 bridgehead atoms. The molecule has 2 aromatic carbocycles. The highest BCUT2D eigenvalue weighted by Crippen LogP contribution is 2.40. The third-order valence-corrected chi connectivity index (χ3v) is 4.55. The van der Waals surface area contributed by atoms with Gasteiger partial charge in [0, 0.05) is 22.9 Å². The van der Waals surface area contributed by atoms with Crippen LogP contribution in [0, 0.1) is 0 Å². The number of phenolic OH excluding ortho intramolecular Hbond substituents is 2. The van der Waals surface area contributed by atoms with Crippen LogP contribution in [0.5, 0.6) is 11.5 Å². The van der Waals surface area contributed by atoms with Crippen LogP contribution in [0.3, 0.4) is 0 Å². The van der Waals surface area contributed by atoms with Crippen molar-refractivity contribution in [2.75, 3.05) is 0 Å². The molecule has 0 fully saturated rings. The SMILES string of the molecule is NC(=O)C(c1ccccn1)c1c(-c2ccc(O)cc2)noc1-c1ccc(O)cc1. The topological polar surface area (TPSA) is 122 Å². The summed E-state index contributed by atoms with van der Waals surface area (Å²) in [5.74, 6) is -0.956. The molecule has 4 N–H and O–H groups in total. The molecule has 29 heavy (non-hydrogen) atoms. The van der Waals surface area contributed by atoms with Crippen molar-refractivity contribution in [3.05, 3.63) is 84.2 Å². The minimum absolute atomic E-state index is 0.102. The molecule has 144 valence electrons. The predicted octanol–water partition coefficient (Wildman–Crippen LogP) is 3.43. The van der Waals surface area contributed by atoms with Crippen molar-refractivity contribution in [1.29, 1.82) is 0 Å². The van der Waals surface area contributed by atoms with Crippen LogP contribution in [-0.2, 0) is 4.79 Å². The number of aromatic hydroxyl groups is 2. The number of nitrogens with zero attached hydrogens (tertiary/aromatic N) is 2. The molecule has 2 aromatic heterocycles. The number of hydrogen-bond donors (Lipinski definition) is 3. The van der Waals surface area contributed by atoms with E-state index in [2.05, 4.69) is 10.1 Å². The van der Waals surface area contributed by atoms with Gasteiger partial charge >= 0.3 is 0 Å². The minimum Gasteiger partial charge on any atom is -0.508 e. The second-order valence-electron chi connectivity index (χ2n) is 6.46.